The fourth-order valence-corrected chi connectivity index (χ4v) is 3.05. The third-order valence-corrected chi connectivity index (χ3v) is 4.07. The molecule has 0 aromatic carbocycles. The minimum Gasteiger partial charge on any atom is -0.343 e. The Morgan fingerprint density at radius 3 is 2.73 bits per heavy atom. The molecule has 0 radical (unpaired) electrons. The highest BCUT2D eigenvalue weighted by Gasteiger charge is 2.10. The SMILES string of the molecule is CCN(CC)C(=O)CSc1n[nH]c(=S)s1. The zero-order chi connectivity index (χ0) is 11.3. The second-order valence-corrected chi connectivity index (χ2v) is 5.62. The highest BCUT2D eigenvalue weighted by Crippen LogP contribution is 2.20. The van der Waals surface area contributed by atoms with Crippen LogP contribution in [0.2, 0.25) is 0 Å². The lowest BCUT2D eigenvalue weighted by Crippen LogP contribution is -2.31. The fourth-order valence-electron chi connectivity index (χ4n) is 1.07. The minimum absolute atomic E-state index is 0.145. The summed E-state index contributed by atoms with van der Waals surface area (Å²) in [6.07, 6.45) is 0. The summed E-state index contributed by atoms with van der Waals surface area (Å²) in [6.45, 7) is 5.47. The highest BCUT2D eigenvalue weighted by atomic mass is 32.2. The number of nitrogens with one attached hydrogen (secondary N) is 1. The first kappa shape index (κ1) is 12.7. The number of nitrogens with zero attached hydrogens (tertiary/aromatic N) is 2. The molecule has 0 fully saturated rings. The molecule has 4 nitrogen and oxygen atoms in total. The molecule has 0 aliphatic heterocycles. The molecule has 0 unspecified atom stereocenters. The smallest absolute Gasteiger partial charge is 0.233 e. The molecule has 0 spiro atoms. The summed E-state index contributed by atoms with van der Waals surface area (Å²) in [5.41, 5.74) is 0. The molecule has 0 aliphatic rings. The molecule has 1 N–H and O–H groups in total. The lowest BCUT2D eigenvalue weighted by molar-refractivity contribution is -0.127. The average Bonchev–Trinajstić information content (AvgIpc) is 2.63. The van der Waals surface area contributed by atoms with Gasteiger partial charge in [0.1, 0.15) is 0 Å². The van der Waals surface area contributed by atoms with E-state index in [1.807, 2.05) is 13.8 Å². The zero-order valence-electron chi connectivity index (χ0n) is 8.65. The monoisotopic (exact) mass is 263 g/mol. The maximum Gasteiger partial charge on any atom is 0.233 e. The summed E-state index contributed by atoms with van der Waals surface area (Å²) >= 11 is 7.73. The molecule has 84 valence electrons. The van der Waals surface area contributed by atoms with Crippen LogP contribution in [0.4, 0.5) is 0 Å². The van der Waals surface area contributed by atoms with Crippen molar-refractivity contribution >= 4 is 41.2 Å². The Morgan fingerprint density at radius 1 is 1.60 bits per heavy atom. The number of hydrogen-bond donors (Lipinski definition) is 1. The summed E-state index contributed by atoms with van der Waals surface area (Å²) in [4.78, 5) is 13.4. The molecular weight excluding hydrogens is 250 g/mol. The topological polar surface area (TPSA) is 49.0 Å². The first-order valence-electron chi connectivity index (χ1n) is 4.63. The number of thioether (sulfide) groups is 1. The average molecular weight is 263 g/mol. The van der Waals surface area contributed by atoms with E-state index in [-0.39, 0.29) is 5.91 Å². The van der Waals surface area contributed by atoms with Crippen molar-refractivity contribution in [2.75, 3.05) is 18.8 Å². The molecule has 0 saturated carbocycles. The first-order valence-corrected chi connectivity index (χ1v) is 6.84. The molecule has 0 atom stereocenters. The molecule has 1 amide bonds. The maximum absolute atomic E-state index is 11.6. The number of hydrogen-bond acceptors (Lipinski definition) is 5. The number of carbonyl (C=O) groups is 1. The van der Waals surface area contributed by atoms with Crippen molar-refractivity contribution in [2.45, 2.75) is 18.2 Å². The minimum atomic E-state index is 0.145. The van der Waals surface area contributed by atoms with Crippen LogP contribution in [0.15, 0.2) is 4.34 Å². The molecule has 1 aromatic rings. The second kappa shape index (κ2) is 6.24. The van der Waals surface area contributed by atoms with Gasteiger partial charge in [0, 0.05) is 13.1 Å². The number of aromatic nitrogens is 2. The molecule has 0 aliphatic carbocycles. The van der Waals surface area contributed by atoms with E-state index in [0.29, 0.717) is 9.71 Å². The lowest BCUT2D eigenvalue weighted by atomic mass is 10.5. The van der Waals surface area contributed by atoms with Crippen molar-refractivity contribution in [3.63, 3.8) is 0 Å². The van der Waals surface area contributed by atoms with E-state index >= 15 is 0 Å². The Bertz CT molecular complexity index is 369. The van der Waals surface area contributed by atoms with E-state index in [2.05, 4.69) is 10.2 Å². The number of rotatable bonds is 5. The lowest BCUT2D eigenvalue weighted by Gasteiger charge is -2.17. The Labute approximate surface area is 102 Å². The number of H-pyrrole nitrogens is 1. The Kier molecular flexibility index (Phi) is 5.27. The summed E-state index contributed by atoms with van der Waals surface area (Å²) in [5, 5.41) is 6.67. The van der Waals surface area contributed by atoms with Crippen LogP contribution >= 0.6 is 35.3 Å². The normalized spacial score (nSPS) is 10.3. The van der Waals surface area contributed by atoms with Gasteiger partial charge in [0.25, 0.3) is 0 Å². The molecule has 7 heteroatoms. The summed E-state index contributed by atoms with van der Waals surface area (Å²) in [6, 6.07) is 0. The Balaban J connectivity index is 2.43. The van der Waals surface area contributed by atoms with E-state index < -0.39 is 0 Å². The van der Waals surface area contributed by atoms with Crippen LogP contribution in [-0.2, 0) is 4.79 Å². The first-order chi connectivity index (χ1) is 7.17. The summed E-state index contributed by atoms with van der Waals surface area (Å²) in [5.74, 6) is 0.573. The molecule has 1 aromatic heterocycles. The standard InChI is InChI=1S/C8H13N3OS3/c1-3-11(4-2)6(12)5-14-8-10-9-7(13)15-8/h3-5H2,1-2H3,(H,9,13). The van der Waals surface area contributed by atoms with E-state index in [4.69, 9.17) is 12.2 Å². The van der Waals surface area contributed by atoms with Crippen molar-refractivity contribution in [2.24, 2.45) is 0 Å². The molecule has 0 saturated heterocycles. The van der Waals surface area contributed by atoms with Gasteiger partial charge in [-0.05, 0) is 26.1 Å². The van der Waals surface area contributed by atoms with Gasteiger partial charge < -0.3 is 4.90 Å². The van der Waals surface area contributed by atoms with Gasteiger partial charge in [-0.2, -0.15) is 5.10 Å². The van der Waals surface area contributed by atoms with Gasteiger partial charge in [0.15, 0.2) is 8.29 Å². The number of aromatic amines is 1. The molecule has 1 rings (SSSR count). The third kappa shape index (κ3) is 3.92. The highest BCUT2D eigenvalue weighted by molar-refractivity contribution is 8.01. The van der Waals surface area contributed by atoms with Gasteiger partial charge in [-0.25, -0.2) is 0 Å². The predicted octanol–water partition coefficient (Wildman–Crippen LogP) is 2.16. The van der Waals surface area contributed by atoms with Gasteiger partial charge >= 0.3 is 0 Å². The molecule has 1 heterocycles. The molecule has 0 bridgehead atoms. The van der Waals surface area contributed by atoms with Gasteiger partial charge in [0.2, 0.25) is 5.91 Å². The summed E-state index contributed by atoms with van der Waals surface area (Å²) < 4.78 is 1.47. The fraction of sp³-hybridized carbons (Fsp3) is 0.625. The van der Waals surface area contributed by atoms with E-state index in [1.165, 1.54) is 23.1 Å². The van der Waals surface area contributed by atoms with Crippen LogP contribution < -0.4 is 0 Å². The van der Waals surface area contributed by atoms with Gasteiger partial charge in [-0.3, -0.25) is 9.89 Å². The van der Waals surface area contributed by atoms with Gasteiger partial charge in [-0.1, -0.05) is 23.1 Å². The summed E-state index contributed by atoms with van der Waals surface area (Å²) in [7, 11) is 0. The van der Waals surface area contributed by atoms with Crippen LogP contribution in [0, 0.1) is 3.95 Å². The van der Waals surface area contributed by atoms with E-state index in [0.717, 1.165) is 17.4 Å². The van der Waals surface area contributed by atoms with Crippen molar-refractivity contribution in [3.05, 3.63) is 3.95 Å². The van der Waals surface area contributed by atoms with Crippen LogP contribution in [0.3, 0.4) is 0 Å². The zero-order valence-corrected chi connectivity index (χ0v) is 11.1. The Hall–Kier alpha value is -0.400. The van der Waals surface area contributed by atoms with Crippen molar-refractivity contribution in [1.82, 2.24) is 15.1 Å². The van der Waals surface area contributed by atoms with E-state index in [9.17, 15) is 4.79 Å². The largest absolute Gasteiger partial charge is 0.343 e. The predicted molar refractivity (Wildman–Crippen MR) is 66.0 cm³/mol. The van der Waals surface area contributed by atoms with E-state index in [1.54, 1.807) is 4.90 Å². The molecular formula is C8H13N3OS3. The van der Waals surface area contributed by atoms with Crippen molar-refractivity contribution in [3.8, 4) is 0 Å². The van der Waals surface area contributed by atoms with Crippen molar-refractivity contribution in [1.29, 1.82) is 0 Å². The molecule has 15 heavy (non-hydrogen) atoms. The number of carbonyl (C=O) groups excluding carboxylic acids is 1. The van der Waals surface area contributed by atoms with Crippen LogP contribution in [-0.4, -0.2) is 39.8 Å². The van der Waals surface area contributed by atoms with Gasteiger partial charge in [-0.15, -0.1) is 0 Å². The van der Waals surface area contributed by atoms with Gasteiger partial charge in [0.05, 0.1) is 5.75 Å². The third-order valence-electron chi connectivity index (χ3n) is 1.85. The number of amides is 1. The second-order valence-electron chi connectivity index (χ2n) is 2.73. The quantitative estimate of drug-likeness (QED) is 0.653. The van der Waals surface area contributed by atoms with Crippen LogP contribution in [0.25, 0.3) is 0 Å². The van der Waals surface area contributed by atoms with Crippen LogP contribution in [0.1, 0.15) is 13.8 Å². The maximum atomic E-state index is 11.6. The Morgan fingerprint density at radius 2 is 2.27 bits per heavy atom. The van der Waals surface area contributed by atoms with Crippen LogP contribution in [0.5, 0.6) is 0 Å². The van der Waals surface area contributed by atoms with Crippen molar-refractivity contribution < 1.29 is 4.79 Å².